The van der Waals surface area contributed by atoms with Gasteiger partial charge in [-0.05, 0) is 6.42 Å². The zero-order valence-electron chi connectivity index (χ0n) is 17.2. The van der Waals surface area contributed by atoms with Gasteiger partial charge in [0.05, 0.1) is 6.61 Å². The molecule has 0 aliphatic rings. The van der Waals surface area contributed by atoms with E-state index in [2.05, 4.69) is 64.7 Å². The monoisotopic (exact) mass is 364 g/mol. The third-order valence-corrected chi connectivity index (χ3v) is 5.14. The van der Waals surface area contributed by atoms with Crippen LogP contribution in [0.15, 0.2) is 48.5 Å². The Labute approximate surface area is 166 Å². The summed E-state index contributed by atoms with van der Waals surface area (Å²) < 4.78 is 11.2. The molecule has 0 unspecified atom stereocenters. The van der Waals surface area contributed by atoms with Gasteiger partial charge in [0.2, 0.25) is 0 Å². The van der Waals surface area contributed by atoms with Crippen molar-refractivity contribution in [1.82, 2.24) is 0 Å². The van der Waals surface area contributed by atoms with Crippen LogP contribution in [0.5, 0.6) is 11.5 Å². The zero-order valence-corrected chi connectivity index (χ0v) is 17.2. The molecule has 0 spiro atoms. The predicted molar refractivity (Wildman–Crippen MR) is 118 cm³/mol. The van der Waals surface area contributed by atoms with Crippen molar-refractivity contribution in [2.24, 2.45) is 0 Å². The van der Waals surface area contributed by atoms with Crippen LogP contribution in [-0.4, -0.2) is 20.2 Å². The van der Waals surface area contributed by atoms with Gasteiger partial charge in [-0.1, -0.05) is 39.0 Å². The van der Waals surface area contributed by atoms with Crippen molar-refractivity contribution in [1.29, 1.82) is 0 Å². The molecule has 2 aromatic rings. The zero-order chi connectivity index (χ0) is 19.5. The van der Waals surface area contributed by atoms with E-state index >= 15 is 0 Å². The van der Waals surface area contributed by atoms with E-state index < -0.39 is 0 Å². The molecule has 2 rings (SSSR count). The van der Waals surface area contributed by atoms with Crippen molar-refractivity contribution in [3.8, 4) is 11.5 Å². The van der Waals surface area contributed by atoms with Crippen LogP contribution in [-0.2, 0) is 5.41 Å². The van der Waals surface area contributed by atoms with Gasteiger partial charge in [0.25, 0.3) is 0 Å². The van der Waals surface area contributed by atoms with Crippen LogP contribution in [0.4, 0.5) is 0 Å². The fourth-order valence-corrected chi connectivity index (χ4v) is 3.25. The van der Waals surface area contributed by atoms with Gasteiger partial charge >= 0.3 is 114 Å². The summed E-state index contributed by atoms with van der Waals surface area (Å²) in [6, 6.07) is 16.7. The molecule has 0 saturated carbocycles. The molecule has 2 aromatic carbocycles. The van der Waals surface area contributed by atoms with E-state index in [1.54, 1.807) is 0 Å². The Morgan fingerprint density at radius 3 is 1.85 bits per heavy atom. The summed E-state index contributed by atoms with van der Waals surface area (Å²) in [5.74, 6) is 1.76. The first kappa shape index (κ1) is 21.3. The molecule has 3 heteroatoms. The molecular weight excluding hydrogens is 331 g/mol. The second kappa shape index (κ2) is 11.0. The van der Waals surface area contributed by atoms with Gasteiger partial charge in [-0.25, -0.2) is 0 Å². The minimum absolute atomic E-state index is 0.0789. The third kappa shape index (κ3) is 6.57. The van der Waals surface area contributed by atoms with Crippen LogP contribution in [0, 0.1) is 0 Å². The first-order chi connectivity index (χ1) is 13.1. The molecular formula is C24H33BO2. The van der Waals surface area contributed by atoms with E-state index in [0.717, 1.165) is 24.5 Å². The van der Waals surface area contributed by atoms with Gasteiger partial charge in [-0.15, -0.1) is 0 Å². The topological polar surface area (TPSA) is 18.5 Å². The van der Waals surface area contributed by atoms with Gasteiger partial charge < -0.3 is 0 Å². The van der Waals surface area contributed by atoms with Gasteiger partial charge in [0.15, 0.2) is 0 Å². The predicted octanol–water partition coefficient (Wildman–Crippen LogP) is 5.79. The summed E-state index contributed by atoms with van der Waals surface area (Å²) in [4.78, 5) is 0. The molecule has 0 fully saturated rings. The van der Waals surface area contributed by atoms with Crippen LogP contribution in [0.2, 0.25) is 0 Å². The van der Waals surface area contributed by atoms with Gasteiger partial charge in [0.1, 0.15) is 0 Å². The molecule has 0 amide bonds. The number of rotatable bonds is 12. The molecule has 144 valence electrons. The third-order valence-electron chi connectivity index (χ3n) is 5.14. The number of ether oxygens (including phenoxy) is 2. The standard InChI is InChI=1S/C24H33BO2/c1-4-5-6-7-8-9-18-26-22-14-10-20(11-15-22)24(2,3)21-12-16-23(17-13-21)27-19-25/h10-17,19,25H,4-9,18H2,1-3H3. The Morgan fingerprint density at radius 1 is 0.778 bits per heavy atom. The fraction of sp³-hybridized carbons (Fsp3) is 0.458. The number of hydrogen-bond donors (Lipinski definition) is 0. The summed E-state index contributed by atoms with van der Waals surface area (Å²) in [6.07, 6.45) is 9.16. The summed E-state index contributed by atoms with van der Waals surface area (Å²) in [5, 5.41) is 0. The van der Waals surface area contributed by atoms with Crippen molar-refractivity contribution in [2.75, 3.05) is 6.61 Å². The Bertz CT molecular complexity index is 675. The van der Waals surface area contributed by atoms with E-state index in [0.29, 0.717) is 0 Å². The van der Waals surface area contributed by atoms with E-state index in [1.165, 1.54) is 49.4 Å². The molecule has 0 aliphatic carbocycles. The molecule has 0 atom stereocenters. The second-order valence-electron chi connectivity index (χ2n) is 7.57. The SMILES string of the molecule is B=COc1ccc(C(C)(C)c2ccc(OCCCCCCCC)cc2)cc1. The van der Waals surface area contributed by atoms with Crippen molar-refractivity contribution in [3.63, 3.8) is 0 Å². The first-order valence-corrected chi connectivity index (χ1v) is 10.2. The number of hydrogen-bond acceptors (Lipinski definition) is 2. The minimum atomic E-state index is -0.0789. The van der Waals surface area contributed by atoms with Crippen LogP contribution >= 0.6 is 0 Å². The second-order valence-corrected chi connectivity index (χ2v) is 7.57. The van der Waals surface area contributed by atoms with Crippen LogP contribution in [0.25, 0.3) is 0 Å². The number of benzene rings is 2. The molecule has 0 aromatic heterocycles. The summed E-state index contributed by atoms with van der Waals surface area (Å²) in [6.45, 7) is 7.53. The van der Waals surface area contributed by atoms with Crippen molar-refractivity contribution in [3.05, 3.63) is 59.7 Å². The molecule has 0 aliphatic heterocycles. The van der Waals surface area contributed by atoms with Crippen LogP contribution in [0.3, 0.4) is 0 Å². The Morgan fingerprint density at radius 2 is 1.30 bits per heavy atom. The molecule has 0 saturated heterocycles. The van der Waals surface area contributed by atoms with Crippen molar-refractivity contribution < 1.29 is 9.47 Å². The van der Waals surface area contributed by atoms with Crippen molar-refractivity contribution >= 4 is 13.6 Å². The molecule has 0 radical (unpaired) electrons. The Balaban J connectivity index is 1.88. The molecule has 0 bridgehead atoms. The van der Waals surface area contributed by atoms with Gasteiger partial charge in [-0.3, -0.25) is 0 Å². The molecule has 0 N–H and O–H groups in total. The van der Waals surface area contributed by atoms with Gasteiger partial charge in [0, 0.05) is 0 Å². The van der Waals surface area contributed by atoms with Crippen molar-refractivity contribution in [2.45, 2.75) is 64.7 Å². The first-order valence-electron chi connectivity index (χ1n) is 10.2. The Hall–Kier alpha value is -2.03. The summed E-state index contributed by atoms with van der Waals surface area (Å²) >= 11 is 0. The normalized spacial score (nSPS) is 11.2. The van der Waals surface area contributed by atoms with E-state index in [4.69, 9.17) is 9.47 Å². The maximum atomic E-state index is 5.90. The fourth-order valence-electron chi connectivity index (χ4n) is 3.25. The van der Waals surface area contributed by atoms with Crippen LogP contribution in [0.1, 0.15) is 70.4 Å². The number of unbranched alkanes of at least 4 members (excludes halogenated alkanes) is 5. The summed E-state index contributed by atoms with van der Waals surface area (Å²) in [5.41, 5.74) is 2.44. The average molecular weight is 364 g/mol. The Kier molecular flexibility index (Phi) is 8.64. The molecule has 2 nitrogen and oxygen atoms in total. The average Bonchev–Trinajstić information content (AvgIpc) is 2.68. The van der Waals surface area contributed by atoms with E-state index in [-0.39, 0.29) is 5.41 Å². The van der Waals surface area contributed by atoms with Gasteiger partial charge in [-0.2, -0.15) is 0 Å². The van der Waals surface area contributed by atoms with E-state index in [1.807, 2.05) is 12.1 Å². The quantitative estimate of drug-likeness (QED) is 0.350. The maximum absolute atomic E-state index is 5.90. The van der Waals surface area contributed by atoms with E-state index in [9.17, 15) is 0 Å². The van der Waals surface area contributed by atoms with Crippen LogP contribution < -0.4 is 9.47 Å². The molecule has 0 heterocycles. The molecule has 27 heavy (non-hydrogen) atoms. The summed E-state index contributed by atoms with van der Waals surface area (Å²) in [7, 11) is 3.59.